The van der Waals surface area contributed by atoms with Gasteiger partial charge in [-0.15, -0.1) is 0 Å². The van der Waals surface area contributed by atoms with Crippen LogP contribution in [0.2, 0.25) is 0 Å². The standard InChI is InChI=1S/C16H28N2O3/c1-5-7-8-9-13-12(6-2)14(17)10-16(13,15(20)21-4)18-11(3)19/h8-9,12-14H,5-7,10,17H2,1-4H3,(H,18,19)/t12-,13?,14-,16?/m1/s1. The first-order chi connectivity index (χ1) is 9.92. The summed E-state index contributed by atoms with van der Waals surface area (Å²) in [4.78, 5) is 24.0. The van der Waals surface area contributed by atoms with Gasteiger partial charge in [-0.25, -0.2) is 4.79 Å². The summed E-state index contributed by atoms with van der Waals surface area (Å²) in [7, 11) is 1.35. The zero-order valence-corrected chi connectivity index (χ0v) is 13.5. The number of hydrogen-bond donors (Lipinski definition) is 2. The molecule has 4 atom stereocenters. The quantitative estimate of drug-likeness (QED) is 0.578. The highest BCUT2D eigenvalue weighted by atomic mass is 16.5. The lowest BCUT2D eigenvalue weighted by atomic mass is 9.81. The molecule has 0 heterocycles. The van der Waals surface area contributed by atoms with Crippen LogP contribution in [0.4, 0.5) is 0 Å². The second kappa shape index (κ2) is 7.59. The highest BCUT2D eigenvalue weighted by Gasteiger charge is 2.56. The molecule has 0 aromatic rings. The SMILES string of the molecule is CCCC=CC1[C@@H](CC)[C@H](N)CC1(NC(C)=O)C(=O)OC. The summed E-state index contributed by atoms with van der Waals surface area (Å²) in [6.07, 6.45) is 7.37. The van der Waals surface area contributed by atoms with Crippen molar-refractivity contribution < 1.29 is 14.3 Å². The van der Waals surface area contributed by atoms with Crippen molar-refractivity contribution in [2.75, 3.05) is 7.11 Å². The van der Waals surface area contributed by atoms with Crippen molar-refractivity contribution in [3.63, 3.8) is 0 Å². The van der Waals surface area contributed by atoms with Crippen LogP contribution >= 0.6 is 0 Å². The molecule has 0 aliphatic heterocycles. The number of amides is 1. The Morgan fingerprint density at radius 1 is 1.43 bits per heavy atom. The third-order valence-electron chi connectivity index (χ3n) is 4.36. The van der Waals surface area contributed by atoms with E-state index >= 15 is 0 Å². The van der Waals surface area contributed by atoms with Gasteiger partial charge < -0.3 is 15.8 Å². The molecule has 0 aromatic heterocycles. The molecule has 5 nitrogen and oxygen atoms in total. The summed E-state index contributed by atoms with van der Waals surface area (Å²) >= 11 is 0. The van der Waals surface area contributed by atoms with Gasteiger partial charge in [0, 0.05) is 18.9 Å². The van der Waals surface area contributed by atoms with Crippen LogP contribution in [0.25, 0.3) is 0 Å². The summed E-state index contributed by atoms with van der Waals surface area (Å²) in [5.74, 6) is -0.613. The Labute approximate surface area is 127 Å². The first kappa shape index (κ1) is 17.7. The van der Waals surface area contributed by atoms with E-state index in [-0.39, 0.29) is 23.8 Å². The van der Waals surface area contributed by atoms with E-state index in [1.807, 2.05) is 6.08 Å². The molecular weight excluding hydrogens is 268 g/mol. The molecule has 1 saturated carbocycles. The highest BCUT2D eigenvalue weighted by Crippen LogP contribution is 2.43. The van der Waals surface area contributed by atoms with Crippen molar-refractivity contribution in [2.45, 2.75) is 58.0 Å². The first-order valence-electron chi connectivity index (χ1n) is 7.72. The van der Waals surface area contributed by atoms with Gasteiger partial charge in [-0.05, 0) is 18.8 Å². The van der Waals surface area contributed by atoms with Gasteiger partial charge in [0.25, 0.3) is 0 Å². The van der Waals surface area contributed by atoms with Crippen LogP contribution in [0, 0.1) is 11.8 Å². The number of allylic oxidation sites excluding steroid dienone is 1. The molecule has 1 rings (SSSR count). The summed E-state index contributed by atoms with van der Waals surface area (Å²) in [6, 6.07) is -0.128. The second-order valence-electron chi connectivity index (χ2n) is 5.83. The number of methoxy groups -OCH3 is 1. The molecule has 3 N–H and O–H groups in total. The average Bonchev–Trinajstić information content (AvgIpc) is 2.70. The number of carbonyl (C=O) groups is 2. The number of nitrogens with two attached hydrogens (primary N) is 1. The first-order valence-corrected chi connectivity index (χ1v) is 7.72. The fourth-order valence-corrected chi connectivity index (χ4v) is 3.47. The number of ether oxygens (including phenoxy) is 1. The molecule has 1 fully saturated rings. The van der Waals surface area contributed by atoms with Crippen molar-refractivity contribution in [3.05, 3.63) is 12.2 Å². The molecule has 1 aliphatic rings. The number of carbonyl (C=O) groups excluding carboxylic acids is 2. The zero-order valence-electron chi connectivity index (χ0n) is 13.5. The van der Waals surface area contributed by atoms with E-state index in [0.717, 1.165) is 19.3 Å². The van der Waals surface area contributed by atoms with Gasteiger partial charge in [0.1, 0.15) is 5.54 Å². The fourth-order valence-electron chi connectivity index (χ4n) is 3.47. The van der Waals surface area contributed by atoms with Crippen molar-refractivity contribution in [3.8, 4) is 0 Å². The minimum absolute atomic E-state index is 0.125. The molecular formula is C16H28N2O3. The lowest BCUT2D eigenvalue weighted by Crippen LogP contribution is -2.57. The molecule has 0 saturated heterocycles. The van der Waals surface area contributed by atoms with Crippen LogP contribution in [-0.4, -0.2) is 30.6 Å². The molecule has 0 aromatic carbocycles. The normalized spacial score (nSPS) is 32.3. The van der Waals surface area contributed by atoms with Gasteiger partial charge in [0.2, 0.25) is 5.91 Å². The van der Waals surface area contributed by atoms with Gasteiger partial charge in [-0.2, -0.15) is 0 Å². The molecule has 21 heavy (non-hydrogen) atoms. The molecule has 0 radical (unpaired) electrons. The van der Waals surface area contributed by atoms with E-state index in [0.29, 0.717) is 6.42 Å². The van der Waals surface area contributed by atoms with Gasteiger partial charge in [0.15, 0.2) is 0 Å². The summed E-state index contributed by atoms with van der Waals surface area (Å²) in [5, 5.41) is 2.83. The van der Waals surface area contributed by atoms with Crippen LogP contribution in [0.15, 0.2) is 12.2 Å². The third kappa shape index (κ3) is 3.64. The van der Waals surface area contributed by atoms with Gasteiger partial charge in [-0.3, -0.25) is 4.79 Å². The largest absolute Gasteiger partial charge is 0.467 e. The zero-order chi connectivity index (χ0) is 16.0. The van der Waals surface area contributed by atoms with Crippen molar-refractivity contribution in [2.24, 2.45) is 17.6 Å². The number of esters is 1. The minimum atomic E-state index is -1.04. The second-order valence-corrected chi connectivity index (χ2v) is 5.83. The predicted octanol–water partition coefficient (Wildman–Crippen LogP) is 1.76. The summed E-state index contributed by atoms with van der Waals surface area (Å²) in [6.45, 7) is 5.58. The Hall–Kier alpha value is -1.36. The van der Waals surface area contributed by atoms with Crippen molar-refractivity contribution in [1.29, 1.82) is 0 Å². The monoisotopic (exact) mass is 296 g/mol. The van der Waals surface area contributed by atoms with Crippen molar-refractivity contribution in [1.82, 2.24) is 5.32 Å². The molecule has 0 bridgehead atoms. The van der Waals surface area contributed by atoms with Crippen LogP contribution in [0.3, 0.4) is 0 Å². The molecule has 0 spiro atoms. The maximum Gasteiger partial charge on any atom is 0.332 e. The topological polar surface area (TPSA) is 81.4 Å². The van der Waals surface area contributed by atoms with Gasteiger partial charge in [-0.1, -0.05) is 38.8 Å². The Morgan fingerprint density at radius 3 is 2.57 bits per heavy atom. The predicted molar refractivity (Wildman–Crippen MR) is 82.5 cm³/mol. The lowest BCUT2D eigenvalue weighted by Gasteiger charge is -2.33. The number of hydrogen-bond acceptors (Lipinski definition) is 4. The fraction of sp³-hybridized carbons (Fsp3) is 0.750. The number of nitrogens with one attached hydrogen (secondary N) is 1. The van der Waals surface area contributed by atoms with Gasteiger partial charge >= 0.3 is 5.97 Å². The van der Waals surface area contributed by atoms with Crippen LogP contribution in [0.5, 0.6) is 0 Å². The Balaban J connectivity index is 3.21. The van der Waals surface area contributed by atoms with E-state index in [4.69, 9.17) is 10.5 Å². The highest BCUT2D eigenvalue weighted by molar-refractivity contribution is 5.88. The maximum absolute atomic E-state index is 12.4. The Bertz CT molecular complexity index is 408. The number of rotatable bonds is 6. The lowest BCUT2D eigenvalue weighted by molar-refractivity contribution is -0.152. The molecule has 1 aliphatic carbocycles. The Morgan fingerprint density at radius 2 is 2.10 bits per heavy atom. The van der Waals surface area contributed by atoms with E-state index < -0.39 is 11.5 Å². The van der Waals surface area contributed by atoms with Crippen LogP contribution in [-0.2, 0) is 14.3 Å². The molecule has 1 amide bonds. The van der Waals surface area contributed by atoms with E-state index in [2.05, 4.69) is 25.2 Å². The van der Waals surface area contributed by atoms with Crippen molar-refractivity contribution >= 4 is 11.9 Å². The molecule has 2 unspecified atom stereocenters. The van der Waals surface area contributed by atoms with Crippen LogP contribution in [0.1, 0.15) is 46.5 Å². The Kier molecular flexibility index (Phi) is 6.40. The smallest absolute Gasteiger partial charge is 0.332 e. The van der Waals surface area contributed by atoms with E-state index in [1.165, 1.54) is 14.0 Å². The van der Waals surface area contributed by atoms with Crippen LogP contribution < -0.4 is 11.1 Å². The average molecular weight is 296 g/mol. The maximum atomic E-state index is 12.4. The summed E-state index contributed by atoms with van der Waals surface area (Å²) in [5.41, 5.74) is 5.20. The van der Waals surface area contributed by atoms with E-state index in [9.17, 15) is 9.59 Å². The third-order valence-corrected chi connectivity index (χ3v) is 4.36. The van der Waals surface area contributed by atoms with E-state index in [1.54, 1.807) is 0 Å². The minimum Gasteiger partial charge on any atom is -0.467 e. The van der Waals surface area contributed by atoms with Gasteiger partial charge in [0.05, 0.1) is 7.11 Å². The number of unbranched alkanes of at least 4 members (excludes halogenated alkanes) is 1. The molecule has 5 heteroatoms. The summed E-state index contributed by atoms with van der Waals surface area (Å²) < 4.78 is 4.97. The molecule has 120 valence electrons.